The molecule has 2 nitrogen and oxygen atoms in total. The number of rotatable bonds is 5. The molecule has 0 aliphatic heterocycles. The molecular weight excluding hydrogens is 159 g/mol. The van der Waals surface area contributed by atoms with Gasteiger partial charge in [0.1, 0.15) is 0 Å². The zero-order valence-electron chi connectivity index (χ0n) is 5.61. The molecule has 60 valence electrons. The molecule has 0 unspecified atom stereocenters. The van der Waals surface area contributed by atoms with Gasteiger partial charge in [0, 0.05) is 5.88 Å². The monoisotopic (exact) mass is 168 g/mol. The Morgan fingerprint density at radius 3 is 2.70 bits per heavy atom. The Morgan fingerprint density at radius 2 is 2.20 bits per heavy atom. The number of hydrogen-bond donors (Lipinski definition) is 0. The van der Waals surface area contributed by atoms with Crippen LogP contribution in [-0.4, -0.2) is 25.1 Å². The highest BCUT2D eigenvalue weighted by atomic mass is 35.5. The predicted octanol–water partition coefficient (Wildman–Crippen LogP) is 1.52. The van der Waals surface area contributed by atoms with Gasteiger partial charge in [-0.15, -0.1) is 11.6 Å². The summed E-state index contributed by atoms with van der Waals surface area (Å²) in [6.45, 7) is -0.768. The van der Waals surface area contributed by atoms with E-state index in [1.165, 1.54) is 0 Å². The molecule has 0 fully saturated rings. The van der Waals surface area contributed by atoms with Crippen molar-refractivity contribution in [1.82, 2.24) is 0 Å². The average molecular weight is 169 g/mol. The number of unbranched alkanes of at least 4 members (excludes halogenated alkanes) is 1. The van der Waals surface area contributed by atoms with Gasteiger partial charge >= 0.3 is 5.97 Å². The second-order valence-corrected chi connectivity index (χ2v) is 2.13. The molecule has 0 amide bonds. The van der Waals surface area contributed by atoms with Crippen LogP contribution in [0.15, 0.2) is 0 Å². The first kappa shape index (κ1) is 9.69. The van der Waals surface area contributed by atoms with Crippen molar-refractivity contribution in [3.63, 3.8) is 0 Å². The maximum absolute atomic E-state index is 11.4. The Bertz CT molecular complexity index is 97.7. The largest absolute Gasteiger partial charge is 0.464 e. The molecule has 0 radical (unpaired) electrons. The van der Waals surface area contributed by atoms with E-state index in [0.717, 1.165) is 6.42 Å². The van der Waals surface area contributed by atoms with Crippen molar-refractivity contribution in [3.8, 4) is 0 Å². The minimum absolute atomic E-state index is 0.273. The van der Waals surface area contributed by atoms with Crippen LogP contribution in [0.2, 0.25) is 0 Å². The van der Waals surface area contributed by atoms with Gasteiger partial charge in [-0.05, 0) is 12.8 Å². The first-order chi connectivity index (χ1) is 4.81. The molecular formula is C6H10ClFO2. The van der Waals surface area contributed by atoms with Crippen molar-refractivity contribution in [2.24, 2.45) is 0 Å². The molecule has 4 heteroatoms. The standard InChI is InChI=1S/C6H10ClFO2/c7-3-1-2-4-10-6(9)5-8/h1-5H2. The van der Waals surface area contributed by atoms with Crippen molar-refractivity contribution in [2.75, 3.05) is 19.2 Å². The molecule has 0 aliphatic carbocycles. The number of halogens is 2. The van der Waals surface area contributed by atoms with Crippen LogP contribution < -0.4 is 0 Å². The van der Waals surface area contributed by atoms with Gasteiger partial charge in [-0.3, -0.25) is 0 Å². The zero-order chi connectivity index (χ0) is 7.82. The number of ether oxygens (including phenoxy) is 1. The maximum Gasteiger partial charge on any atom is 0.337 e. The Morgan fingerprint density at radius 1 is 1.50 bits per heavy atom. The molecule has 0 saturated heterocycles. The van der Waals surface area contributed by atoms with E-state index in [2.05, 4.69) is 4.74 Å². The molecule has 0 aromatic rings. The van der Waals surface area contributed by atoms with Crippen LogP contribution in [0.3, 0.4) is 0 Å². The number of esters is 1. The van der Waals surface area contributed by atoms with Crippen LogP contribution in [-0.2, 0) is 9.53 Å². The fourth-order valence-corrected chi connectivity index (χ4v) is 0.610. The molecule has 10 heavy (non-hydrogen) atoms. The molecule has 0 N–H and O–H groups in total. The number of hydrogen-bond acceptors (Lipinski definition) is 2. The Labute approximate surface area is 64.3 Å². The van der Waals surface area contributed by atoms with Crippen LogP contribution in [0.5, 0.6) is 0 Å². The molecule has 0 heterocycles. The lowest BCUT2D eigenvalue weighted by Crippen LogP contribution is -2.07. The van der Waals surface area contributed by atoms with Gasteiger partial charge in [0.25, 0.3) is 0 Å². The third-order valence-corrected chi connectivity index (χ3v) is 1.17. The quantitative estimate of drug-likeness (QED) is 0.354. The topological polar surface area (TPSA) is 26.3 Å². The molecule has 0 atom stereocenters. The van der Waals surface area contributed by atoms with Crippen molar-refractivity contribution in [1.29, 1.82) is 0 Å². The fraction of sp³-hybridized carbons (Fsp3) is 0.833. The Hall–Kier alpha value is -0.310. The third kappa shape index (κ3) is 5.82. The Balaban J connectivity index is 2.96. The summed E-state index contributed by atoms with van der Waals surface area (Å²) in [7, 11) is 0. The maximum atomic E-state index is 11.4. The molecule has 0 bridgehead atoms. The number of carbonyl (C=O) groups is 1. The lowest BCUT2D eigenvalue weighted by atomic mass is 10.4. The summed E-state index contributed by atoms with van der Waals surface area (Å²) in [6.07, 6.45) is 1.50. The van der Waals surface area contributed by atoms with E-state index >= 15 is 0 Å². The molecule has 0 saturated carbocycles. The summed E-state index contributed by atoms with van der Waals surface area (Å²) in [6, 6.07) is 0. The minimum Gasteiger partial charge on any atom is -0.464 e. The van der Waals surface area contributed by atoms with Crippen LogP contribution in [0.25, 0.3) is 0 Å². The van der Waals surface area contributed by atoms with Crippen LogP contribution in [0.4, 0.5) is 4.39 Å². The SMILES string of the molecule is O=C(CF)OCCCCCl. The summed E-state index contributed by atoms with van der Waals surface area (Å²) < 4.78 is 15.8. The van der Waals surface area contributed by atoms with E-state index in [-0.39, 0.29) is 6.61 Å². The van der Waals surface area contributed by atoms with Crippen molar-refractivity contribution in [2.45, 2.75) is 12.8 Å². The molecule has 0 rings (SSSR count). The average Bonchev–Trinajstić information content (AvgIpc) is 1.98. The highest BCUT2D eigenvalue weighted by molar-refractivity contribution is 6.17. The van der Waals surface area contributed by atoms with Gasteiger partial charge in [0.05, 0.1) is 6.61 Å². The van der Waals surface area contributed by atoms with E-state index in [0.29, 0.717) is 12.3 Å². The summed E-state index contributed by atoms with van der Waals surface area (Å²) in [5.74, 6) is -0.248. The minimum atomic E-state index is -1.04. The van der Waals surface area contributed by atoms with Gasteiger partial charge < -0.3 is 4.74 Å². The first-order valence-electron chi connectivity index (χ1n) is 3.08. The van der Waals surface area contributed by atoms with E-state index in [4.69, 9.17) is 11.6 Å². The van der Waals surface area contributed by atoms with Gasteiger partial charge in [-0.25, -0.2) is 9.18 Å². The second kappa shape index (κ2) is 6.81. The predicted molar refractivity (Wildman–Crippen MR) is 36.9 cm³/mol. The van der Waals surface area contributed by atoms with E-state index < -0.39 is 12.6 Å². The van der Waals surface area contributed by atoms with E-state index in [1.54, 1.807) is 0 Å². The normalized spacial score (nSPS) is 9.40. The van der Waals surface area contributed by atoms with Gasteiger partial charge in [-0.1, -0.05) is 0 Å². The summed E-state index contributed by atoms with van der Waals surface area (Å²) in [4.78, 5) is 10.1. The zero-order valence-corrected chi connectivity index (χ0v) is 6.36. The van der Waals surface area contributed by atoms with E-state index in [1.807, 2.05) is 0 Å². The molecule has 0 spiro atoms. The number of carbonyl (C=O) groups excluding carboxylic acids is 1. The molecule has 0 aromatic carbocycles. The highest BCUT2D eigenvalue weighted by Crippen LogP contribution is 1.92. The van der Waals surface area contributed by atoms with Crippen molar-refractivity contribution >= 4 is 17.6 Å². The second-order valence-electron chi connectivity index (χ2n) is 1.75. The molecule has 0 aliphatic rings. The van der Waals surface area contributed by atoms with Crippen LogP contribution in [0.1, 0.15) is 12.8 Å². The van der Waals surface area contributed by atoms with Gasteiger partial charge in [0.15, 0.2) is 6.67 Å². The van der Waals surface area contributed by atoms with Gasteiger partial charge in [0.2, 0.25) is 0 Å². The van der Waals surface area contributed by atoms with Crippen LogP contribution >= 0.6 is 11.6 Å². The fourth-order valence-electron chi connectivity index (χ4n) is 0.421. The van der Waals surface area contributed by atoms with Gasteiger partial charge in [-0.2, -0.15) is 0 Å². The number of alkyl halides is 2. The highest BCUT2D eigenvalue weighted by Gasteiger charge is 1.98. The van der Waals surface area contributed by atoms with E-state index in [9.17, 15) is 9.18 Å². The lowest BCUT2D eigenvalue weighted by molar-refractivity contribution is -0.144. The van der Waals surface area contributed by atoms with Crippen molar-refractivity contribution < 1.29 is 13.9 Å². The van der Waals surface area contributed by atoms with Crippen LogP contribution in [0, 0.1) is 0 Å². The Kier molecular flexibility index (Phi) is 6.59. The summed E-state index contributed by atoms with van der Waals surface area (Å²) in [5.41, 5.74) is 0. The summed E-state index contributed by atoms with van der Waals surface area (Å²) >= 11 is 5.34. The lowest BCUT2D eigenvalue weighted by Gasteiger charge is -1.98. The third-order valence-electron chi connectivity index (χ3n) is 0.900. The molecule has 0 aromatic heterocycles. The van der Waals surface area contributed by atoms with Crippen molar-refractivity contribution in [3.05, 3.63) is 0 Å². The first-order valence-corrected chi connectivity index (χ1v) is 3.62. The summed E-state index contributed by atoms with van der Waals surface area (Å²) in [5, 5.41) is 0. The smallest absolute Gasteiger partial charge is 0.337 e.